The number of benzene rings is 3. The number of hydrogen-bond acceptors (Lipinski definition) is 5. The number of halogens is 2. The Labute approximate surface area is 201 Å². The molecule has 33 heavy (non-hydrogen) atoms. The van der Waals surface area contributed by atoms with Gasteiger partial charge in [0.05, 0.1) is 22.0 Å². The average molecular weight is 501 g/mol. The van der Waals surface area contributed by atoms with Gasteiger partial charge in [-0.2, -0.15) is 18.5 Å². The summed E-state index contributed by atoms with van der Waals surface area (Å²) in [6.45, 7) is 3.53. The van der Waals surface area contributed by atoms with Crippen molar-refractivity contribution in [1.29, 1.82) is 0 Å². The summed E-state index contributed by atoms with van der Waals surface area (Å²) in [6, 6.07) is 18.0. The third kappa shape index (κ3) is 4.80. The third-order valence-corrected chi connectivity index (χ3v) is 6.64. The monoisotopic (exact) mass is 500 g/mol. The van der Waals surface area contributed by atoms with Crippen LogP contribution < -0.4 is 9.19 Å². The number of rotatable bonds is 5. The first-order valence-corrected chi connectivity index (χ1v) is 12.0. The summed E-state index contributed by atoms with van der Waals surface area (Å²) < 4.78 is 31.2. The normalized spacial score (nSPS) is 15.2. The highest BCUT2D eigenvalue weighted by Crippen LogP contribution is 2.37. The maximum atomic E-state index is 13.1. The summed E-state index contributed by atoms with van der Waals surface area (Å²) in [7, 11) is -4.18. The third-order valence-electron chi connectivity index (χ3n) is 4.90. The number of aryl methyl sites for hydroxylation is 1. The molecule has 1 amide bonds. The van der Waals surface area contributed by atoms with Crippen molar-refractivity contribution in [3.8, 4) is 5.75 Å². The summed E-state index contributed by atoms with van der Waals surface area (Å²) in [5.41, 5.74) is 2.45. The van der Waals surface area contributed by atoms with Crippen molar-refractivity contribution in [2.45, 2.75) is 18.7 Å². The van der Waals surface area contributed by atoms with Gasteiger partial charge in [-0.1, -0.05) is 59.1 Å². The van der Waals surface area contributed by atoms with Crippen LogP contribution in [-0.2, 0) is 14.9 Å². The lowest BCUT2D eigenvalue weighted by Gasteiger charge is -2.13. The van der Waals surface area contributed by atoms with Crippen LogP contribution >= 0.6 is 23.2 Å². The van der Waals surface area contributed by atoms with Crippen molar-refractivity contribution in [3.05, 3.63) is 93.5 Å². The first kappa shape index (κ1) is 23.0. The van der Waals surface area contributed by atoms with E-state index in [2.05, 4.69) is 5.10 Å². The molecule has 0 aliphatic carbocycles. The molecule has 1 heterocycles. The highest BCUT2D eigenvalue weighted by molar-refractivity contribution is 7.87. The van der Waals surface area contributed by atoms with Gasteiger partial charge in [-0.3, -0.25) is 4.79 Å². The van der Waals surface area contributed by atoms with Crippen LogP contribution in [0.1, 0.15) is 18.1 Å². The molecule has 6 nitrogen and oxygen atoms in total. The molecule has 0 fully saturated rings. The van der Waals surface area contributed by atoms with Gasteiger partial charge in [-0.05, 0) is 56.3 Å². The Balaban J connectivity index is 1.75. The molecule has 0 N–H and O–H groups in total. The first-order valence-electron chi connectivity index (χ1n) is 9.83. The van der Waals surface area contributed by atoms with Gasteiger partial charge >= 0.3 is 10.1 Å². The zero-order valence-electron chi connectivity index (χ0n) is 17.6. The van der Waals surface area contributed by atoms with Gasteiger partial charge in [-0.25, -0.2) is 0 Å². The Kier molecular flexibility index (Phi) is 6.30. The molecule has 9 heteroatoms. The quantitative estimate of drug-likeness (QED) is 0.324. The van der Waals surface area contributed by atoms with E-state index >= 15 is 0 Å². The minimum atomic E-state index is -4.18. The molecular formula is C24H18Cl2N2O4S. The van der Waals surface area contributed by atoms with Crippen LogP contribution in [0.15, 0.2) is 82.3 Å². The van der Waals surface area contributed by atoms with E-state index < -0.39 is 10.1 Å². The Hall–Kier alpha value is -3.13. The summed E-state index contributed by atoms with van der Waals surface area (Å²) >= 11 is 12.5. The Morgan fingerprint density at radius 1 is 0.970 bits per heavy atom. The summed E-state index contributed by atoms with van der Waals surface area (Å²) in [4.78, 5) is 13.0. The van der Waals surface area contributed by atoms with Crippen molar-refractivity contribution in [2.75, 3.05) is 5.01 Å². The molecule has 1 aliphatic rings. The van der Waals surface area contributed by atoms with Gasteiger partial charge in [0.1, 0.15) is 4.90 Å². The zero-order valence-corrected chi connectivity index (χ0v) is 19.9. The molecule has 0 saturated heterocycles. The minimum Gasteiger partial charge on any atom is -0.377 e. The van der Waals surface area contributed by atoms with Gasteiger partial charge in [0, 0.05) is 10.6 Å². The predicted molar refractivity (Wildman–Crippen MR) is 130 cm³/mol. The van der Waals surface area contributed by atoms with E-state index in [4.69, 9.17) is 27.4 Å². The van der Waals surface area contributed by atoms with Crippen molar-refractivity contribution in [3.63, 3.8) is 0 Å². The molecule has 0 atom stereocenters. The van der Waals surface area contributed by atoms with Crippen molar-refractivity contribution < 1.29 is 17.4 Å². The van der Waals surface area contributed by atoms with E-state index in [1.807, 2.05) is 13.0 Å². The number of anilines is 1. The van der Waals surface area contributed by atoms with Gasteiger partial charge in [0.25, 0.3) is 5.91 Å². The van der Waals surface area contributed by atoms with Crippen molar-refractivity contribution in [1.82, 2.24) is 0 Å². The van der Waals surface area contributed by atoms with E-state index in [9.17, 15) is 13.2 Å². The number of hydrazone groups is 1. The first-order chi connectivity index (χ1) is 15.7. The van der Waals surface area contributed by atoms with Crippen LogP contribution in [0.3, 0.4) is 0 Å². The lowest BCUT2D eigenvalue weighted by molar-refractivity contribution is -0.114. The van der Waals surface area contributed by atoms with E-state index in [0.29, 0.717) is 11.4 Å². The van der Waals surface area contributed by atoms with Gasteiger partial charge in [0.2, 0.25) is 0 Å². The second kappa shape index (κ2) is 9.02. The van der Waals surface area contributed by atoms with E-state index in [1.54, 1.807) is 43.3 Å². The maximum Gasteiger partial charge on any atom is 0.339 e. The minimum absolute atomic E-state index is 0.00927. The largest absolute Gasteiger partial charge is 0.377 e. The van der Waals surface area contributed by atoms with Gasteiger partial charge in [-0.15, -0.1) is 0 Å². The van der Waals surface area contributed by atoms with Crippen LogP contribution in [0.4, 0.5) is 5.69 Å². The maximum absolute atomic E-state index is 13.1. The number of carbonyl (C=O) groups is 1. The Morgan fingerprint density at radius 3 is 2.30 bits per heavy atom. The summed E-state index contributed by atoms with van der Waals surface area (Å²) in [5.74, 6) is -0.505. The molecular weight excluding hydrogens is 483 g/mol. The topological polar surface area (TPSA) is 76.0 Å². The number of para-hydroxylation sites is 1. The highest BCUT2D eigenvalue weighted by atomic mass is 35.5. The molecule has 3 aromatic carbocycles. The fourth-order valence-electron chi connectivity index (χ4n) is 3.22. The molecule has 0 radical (unpaired) electrons. The Bertz CT molecular complexity index is 1400. The lowest BCUT2D eigenvalue weighted by atomic mass is 10.1. The molecule has 168 valence electrons. The molecule has 4 rings (SSSR count). The Morgan fingerprint density at radius 2 is 1.64 bits per heavy atom. The van der Waals surface area contributed by atoms with E-state index in [-0.39, 0.29) is 37.7 Å². The molecule has 0 unspecified atom stereocenters. The van der Waals surface area contributed by atoms with Gasteiger partial charge < -0.3 is 4.18 Å². The van der Waals surface area contributed by atoms with Gasteiger partial charge in [0.15, 0.2) is 5.75 Å². The van der Waals surface area contributed by atoms with Crippen molar-refractivity contribution >= 4 is 56.7 Å². The molecule has 0 bridgehead atoms. The number of nitrogens with zero attached hydrogens (tertiary/aromatic N) is 2. The smallest absolute Gasteiger partial charge is 0.339 e. The summed E-state index contributed by atoms with van der Waals surface area (Å²) in [6.07, 6.45) is 1.47. The van der Waals surface area contributed by atoms with E-state index in [1.165, 1.54) is 35.4 Å². The predicted octanol–water partition coefficient (Wildman–Crippen LogP) is 5.88. The highest BCUT2D eigenvalue weighted by Gasteiger charge is 2.30. The molecule has 1 aliphatic heterocycles. The lowest BCUT2D eigenvalue weighted by Crippen LogP contribution is -2.21. The molecule has 0 aromatic heterocycles. The van der Waals surface area contributed by atoms with Crippen LogP contribution in [0.2, 0.25) is 10.0 Å². The van der Waals surface area contributed by atoms with Crippen LogP contribution in [-0.4, -0.2) is 20.0 Å². The SMILES string of the molecule is CC1=NN(c2ccccc2)C(=O)/C1=C/c1cc(Cl)cc(Cl)c1OS(=O)(=O)c1ccc(C)cc1. The van der Waals surface area contributed by atoms with Crippen LogP contribution in [0.25, 0.3) is 6.08 Å². The molecule has 3 aromatic rings. The molecule has 0 spiro atoms. The second-order valence-electron chi connectivity index (χ2n) is 7.35. The number of amides is 1. The molecule has 0 saturated carbocycles. The number of carbonyl (C=O) groups excluding carboxylic acids is 1. The van der Waals surface area contributed by atoms with Crippen LogP contribution in [0.5, 0.6) is 5.75 Å². The van der Waals surface area contributed by atoms with E-state index in [0.717, 1.165) is 5.56 Å². The fraction of sp³-hybridized carbons (Fsp3) is 0.0833. The fourth-order valence-corrected chi connectivity index (χ4v) is 4.79. The van der Waals surface area contributed by atoms with Crippen LogP contribution in [0, 0.1) is 6.92 Å². The standard InChI is InChI=1S/C24H18Cl2N2O4S/c1-15-8-10-20(11-9-15)33(30,31)32-23-17(12-18(25)14-22(23)26)13-21-16(2)27-28(24(21)29)19-6-4-3-5-7-19/h3-14H,1-2H3/b21-13+. The zero-order chi connectivity index (χ0) is 23.8. The second-order valence-corrected chi connectivity index (χ2v) is 9.74. The average Bonchev–Trinajstić information content (AvgIpc) is 3.05. The summed E-state index contributed by atoms with van der Waals surface area (Å²) in [5, 5.41) is 5.85. The number of hydrogen-bond donors (Lipinski definition) is 0. The van der Waals surface area contributed by atoms with Crippen molar-refractivity contribution in [2.24, 2.45) is 5.10 Å².